The van der Waals surface area contributed by atoms with Crippen molar-refractivity contribution in [2.24, 2.45) is 0 Å². The van der Waals surface area contributed by atoms with Crippen LogP contribution in [-0.4, -0.2) is 9.55 Å². The predicted molar refractivity (Wildman–Crippen MR) is 73.5 cm³/mol. The van der Waals surface area contributed by atoms with Crippen molar-refractivity contribution in [2.45, 2.75) is 32.4 Å². The number of hydrogen-bond acceptors (Lipinski definition) is 2. The molecule has 0 aliphatic carbocycles. The van der Waals surface area contributed by atoms with Crippen LogP contribution in [0, 0.1) is 0 Å². The van der Waals surface area contributed by atoms with E-state index in [0.29, 0.717) is 5.69 Å². The van der Waals surface area contributed by atoms with Gasteiger partial charge >= 0.3 is 6.18 Å². The third-order valence-electron chi connectivity index (χ3n) is 3.08. The number of halogens is 3. The number of aromatic nitrogens is 2. The van der Waals surface area contributed by atoms with Gasteiger partial charge in [0, 0.05) is 18.0 Å². The molecule has 0 saturated heterocycles. The van der Waals surface area contributed by atoms with Gasteiger partial charge in [-0.3, -0.25) is 14.3 Å². The molecular formula is C15H15F3N2O. The first kappa shape index (κ1) is 15.3. The summed E-state index contributed by atoms with van der Waals surface area (Å²) >= 11 is 0. The molecule has 0 bridgehead atoms. The highest BCUT2D eigenvalue weighted by molar-refractivity contribution is 5.35. The summed E-state index contributed by atoms with van der Waals surface area (Å²) in [6.45, 7) is 5.12. The Bertz CT molecular complexity index is 698. The summed E-state index contributed by atoms with van der Waals surface area (Å²) in [7, 11) is 0. The van der Waals surface area contributed by atoms with Crippen molar-refractivity contribution >= 4 is 0 Å². The summed E-state index contributed by atoms with van der Waals surface area (Å²) < 4.78 is 40.2. The summed E-state index contributed by atoms with van der Waals surface area (Å²) in [4.78, 5) is 16.3. The molecule has 6 heteroatoms. The fraction of sp³-hybridized carbons (Fsp3) is 0.333. The Kier molecular flexibility index (Phi) is 3.65. The summed E-state index contributed by atoms with van der Waals surface area (Å²) in [5.74, 6) is 0. The Balaban J connectivity index is 2.80. The average Bonchev–Trinajstić information content (AvgIpc) is 2.37. The second-order valence-electron chi connectivity index (χ2n) is 5.78. The average molecular weight is 296 g/mol. The fourth-order valence-corrected chi connectivity index (χ4v) is 1.96. The lowest BCUT2D eigenvalue weighted by molar-refractivity contribution is -0.138. The number of pyridine rings is 2. The van der Waals surface area contributed by atoms with Gasteiger partial charge in [-0.05, 0) is 23.6 Å². The minimum absolute atomic E-state index is 0.112. The summed E-state index contributed by atoms with van der Waals surface area (Å²) in [5, 5.41) is 0. The van der Waals surface area contributed by atoms with E-state index in [2.05, 4.69) is 4.98 Å². The lowest BCUT2D eigenvalue weighted by atomic mass is 9.87. The highest BCUT2D eigenvalue weighted by Gasteiger charge is 2.34. The maximum Gasteiger partial charge on any atom is 0.417 e. The van der Waals surface area contributed by atoms with Gasteiger partial charge in [-0.25, -0.2) is 0 Å². The van der Waals surface area contributed by atoms with Crippen molar-refractivity contribution in [3.63, 3.8) is 0 Å². The Morgan fingerprint density at radius 3 is 2.33 bits per heavy atom. The van der Waals surface area contributed by atoms with E-state index >= 15 is 0 Å². The monoisotopic (exact) mass is 296 g/mol. The van der Waals surface area contributed by atoms with Gasteiger partial charge in [-0.1, -0.05) is 20.8 Å². The molecule has 0 aliphatic rings. The molecule has 112 valence electrons. The van der Waals surface area contributed by atoms with Gasteiger partial charge in [0.15, 0.2) is 0 Å². The Labute approximate surface area is 120 Å². The van der Waals surface area contributed by atoms with Gasteiger partial charge in [-0.2, -0.15) is 13.2 Å². The van der Waals surface area contributed by atoms with Crippen LogP contribution >= 0.6 is 0 Å². The van der Waals surface area contributed by atoms with E-state index < -0.39 is 22.7 Å². The van der Waals surface area contributed by atoms with Crippen LogP contribution in [0.4, 0.5) is 13.2 Å². The van der Waals surface area contributed by atoms with Crippen molar-refractivity contribution in [1.29, 1.82) is 0 Å². The molecule has 0 amide bonds. The molecule has 2 heterocycles. The van der Waals surface area contributed by atoms with Crippen LogP contribution in [0.3, 0.4) is 0 Å². The summed E-state index contributed by atoms with van der Waals surface area (Å²) in [5.41, 5.74) is -1.60. The van der Waals surface area contributed by atoms with Crippen LogP contribution in [0.2, 0.25) is 0 Å². The summed E-state index contributed by atoms with van der Waals surface area (Å²) in [6.07, 6.45) is -0.854. The minimum Gasteiger partial charge on any atom is -0.282 e. The van der Waals surface area contributed by atoms with Gasteiger partial charge in [0.1, 0.15) is 0 Å². The quantitative estimate of drug-likeness (QED) is 0.806. The van der Waals surface area contributed by atoms with Crippen molar-refractivity contribution in [3.8, 4) is 5.69 Å². The molecule has 0 atom stereocenters. The highest BCUT2D eigenvalue weighted by Crippen LogP contribution is 2.31. The van der Waals surface area contributed by atoms with E-state index in [0.717, 1.165) is 16.8 Å². The largest absolute Gasteiger partial charge is 0.417 e. The lowest BCUT2D eigenvalue weighted by Crippen LogP contribution is -2.31. The zero-order valence-electron chi connectivity index (χ0n) is 11.9. The molecule has 0 aliphatic heterocycles. The third kappa shape index (κ3) is 3.15. The molecule has 2 rings (SSSR count). The number of nitrogens with zero attached hydrogens (tertiary/aromatic N) is 2. The normalized spacial score (nSPS) is 12.5. The number of alkyl halides is 3. The first-order valence-electron chi connectivity index (χ1n) is 6.35. The highest BCUT2D eigenvalue weighted by atomic mass is 19.4. The number of hydrogen-bond donors (Lipinski definition) is 0. The van der Waals surface area contributed by atoms with Crippen LogP contribution in [-0.2, 0) is 11.6 Å². The molecular weight excluding hydrogens is 281 g/mol. The maximum absolute atomic E-state index is 13.1. The predicted octanol–water partition coefficient (Wildman–Crippen LogP) is 3.55. The van der Waals surface area contributed by atoms with Crippen LogP contribution in [0.15, 0.2) is 41.6 Å². The van der Waals surface area contributed by atoms with Gasteiger partial charge in [0.05, 0.1) is 17.4 Å². The molecule has 0 unspecified atom stereocenters. The van der Waals surface area contributed by atoms with Gasteiger partial charge < -0.3 is 0 Å². The molecule has 0 fully saturated rings. The van der Waals surface area contributed by atoms with Crippen LogP contribution in [0.25, 0.3) is 5.69 Å². The summed E-state index contributed by atoms with van der Waals surface area (Å²) in [6, 6.07) is 4.04. The second-order valence-corrected chi connectivity index (χ2v) is 5.78. The van der Waals surface area contributed by atoms with Gasteiger partial charge in [0.25, 0.3) is 5.56 Å². The van der Waals surface area contributed by atoms with Crippen molar-refractivity contribution in [1.82, 2.24) is 9.55 Å². The van der Waals surface area contributed by atoms with Crippen LogP contribution < -0.4 is 5.56 Å². The number of rotatable bonds is 1. The molecule has 2 aromatic rings. The molecule has 0 aromatic carbocycles. The molecule has 2 aromatic heterocycles. The van der Waals surface area contributed by atoms with E-state index in [1.54, 1.807) is 32.9 Å². The molecule has 0 saturated carbocycles. The molecule has 0 spiro atoms. The Morgan fingerprint density at radius 1 is 1.19 bits per heavy atom. The van der Waals surface area contributed by atoms with E-state index in [1.165, 1.54) is 12.4 Å². The van der Waals surface area contributed by atoms with Crippen molar-refractivity contribution in [2.75, 3.05) is 0 Å². The van der Waals surface area contributed by atoms with E-state index in [1.807, 2.05) is 0 Å². The molecule has 21 heavy (non-hydrogen) atoms. The SMILES string of the molecule is CC(C)(C)c1cc(C(F)(F)F)cn(-c2cccnc2)c1=O. The Hall–Kier alpha value is -2.11. The van der Waals surface area contributed by atoms with Gasteiger partial charge in [-0.15, -0.1) is 0 Å². The smallest absolute Gasteiger partial charge is 0.282 e. The zero-order chi connectivity index (χ0) is 15.8. The van der Waals surface area contributed by atoms with Gasteiger partial charge in [0.2, 0.25) is 0 Å². The van der Waals surface area contributed by atoms with Crippen molar-refractivity contribution in [3.05, 3.63) is 58.3 Å². The molecule has 3 nitrogen and oxygen atoms in total. The Morgan fingerprint density at radius 2 is 1.86 bits per heavy atom. The second kappa shape index (κ2) is 5.02. The third-order valence-corrected chi connectivity index (χ3v) is 3.08. The first-order valence-corrected chi connectivity index (χ1v) is 6.35. The lowest BCUT2D eigenvalue weighted by Gasteiger charge is -2.21. The van der Waals surface area contributed by atoms with E-state index in [9.17, 15) is 18.0 Å². The fourth-order valence-electron chi connectivity index (χ4n) is 1.96. The maximum atomic E-state index is 13.1. The molecule has 0 N–H and O–H groups in total. The van der Waals surface area contributed by atoms with E-state index in [-0.39, 0.29) is 5.56 Å². The van der Waals surface area contributed by atoms with Crippen LogP contribution in [0.5, 0.6) is 0 Å². The van der Waals surface area contributed by atoms with Crippen LogP contribution in [0.1, 0.15) is 31.9 Å². The van der Waals surface area contributed by atoms with Crippen molar-refractivity contribution < 1.29 is 13.2 Å². The minimum atomic E-state index is -4.52. The topological polar surface area (TPSA) is 34.9 Å². The zero-order valence-corrected chi connectivity index (χ0v) is 11.9. The molecule has 0 radical (unpaired) electrons. The van der Waals surface area contributed by atoms with E-state index in [4.69, 9.17) is 0 Å². The standard InChI is InChI=1S/C15H15F3N2O/c1-14(2,3)12-7-10(15(16,17)18)9-20(13(12)21)11-5-4-6-19-8-11/h4-9H,1-3H3. The first-order chi connectivity index (χ1) is 9.60.